The van der Waals surface area contributed by atoms with E-state index in [-0.39, 0.29) is 6.04 Å². The Bertz CT molecular complexity index is 700. The zero-order valence-corrected chi connectivity index (χ0v) is 12.5. The first-order valence-corrected chi connectivity index (χ1v) is 7.42. The van der Waals surface area contributed by atoms with E-state index >= 15 is 0 Å². The lowest BCUT2D eigenvalue weighted by molar-refractivity contribution is 0.469. The van der Waals surface area contributed by atoms with Crippen molar-refractivity contribution >= 4 is 11.0 Å². The second kappa shape index (κ2) is 6.10. The van der Waals surface area contributed by atoms with Crippen LogP contribution in [0, 0.1) is 6.92 Å². The van der Waals surface area contributed by atoms with E-state index in [4.69, 9.17) is 4.42 Å². The summed E-state index contributed by atoms with van der Waals surface area (Å²) in [5, 5.41) is 4.71. The molecule has 0 fully saturated rings. The number of rotatable bonds is 5. The molecule has 0 aliphatic rings. The number of aromatic nitrogens is 1. The summed E-state index contributed by atoms with van der Waals surface area (Å²) >= 11 is 0. The molecule has 0 amide bonds. The van der Waals surface area contributed by atoms with Crippen molar-refractivity contribution < 1.29 is 4.42 Å². The van der Waals surface area contributed by atoms with Gasteiger partial charge in [-0.1, -0.05) is 25.1 Å². The molecule has 3 rings (SSSR count). The topological polar surface area (TPSA) is 38.1 Å². The van der Waals surface area contributed by atoms with Gasteiger partial charge in [0.1, 0.15) is 11.3 Å². The average Bonchev–Trinajstić information content (AvgIpc) is 2.91. The number of para-hydroxylation sites is 1. The minimum Gasteiger partial charge on any atom is -0.459 e. The Morgan fingerprint density at radius 3 is 2.81 bits per heavy atom. The highest BCUT2D eigenvalue weighted by Gasteiger charge is 2.18. The lowest BCUT2D eigenvalue weighted by Gasteiger charge is -2.17. The molecule has 1 N–H and O–H groups in total. The SMILES string of the molecule is CCCNC(c1ccnc(C)c1)c1cc2ccccc2o1. The van der Waals surface area contributed by atoms with Crippen LogP contribution in [-0.2, 0) is 0 Å². The number of hydrogen-bond acceptors (Lipinski definition) is 3. The number of fused-ring (bicyclic) bond motifs is 1. The summed E-state index contributed by atoms with van der Waals surface area (Å²) in [7, 11) is 0. The molecule has 0 radical (unpaired) electrons. The Morgan fingerprint density at radius 1 is 1.19 bits per heavy atom. The van der Waals surface area contributed by atoms with Crippen LogP contribution in [0.2, 0.25) is 0 Å². The van der Waals surface area contributed by atoms with Crippen LogP contribution in [0.15, 0.2) is 53.1 Å². The van der Waals surface area contributed by atoms with Gasteiger partial charge < -0.3 is 9.73 Å². The number of furan rings is 1. The second-order valence-corrected chi connectivity index (χ2v) is 5.30. The van der Waals surface area contributed by atoms with Gasteiger partial charge in [-0.05, 0) is 49.7 Å². The summed E-state index contributed by atoms with van der Waals surface area (Å²) in [6.45, 7) is 5.13. The standard InChI is InChI=1S/C18H20N2O/c1-3-9-20-18(15-8-10-19-13(2)11-15)17-12-14-6-4-5-7-16(14)21-17/h4-8,10-12,18,20H,3,9H2,1-2H3. The second-order valence-electron chi connectivity index (χ2n) is 5.30. The molecule has 0 aliphatic carbocycles. The summed E-state index contributed by atoms with van der Waals surface area (Å²) in [4.78, 5) is 4.28. The summed E-state index contributed by atoms with van der Waals surface area (Å²) in [6, 6.07) is 14.5. The Morgan fingerprint density at radius 2 is 2.05 bits per heavy atom. The van der Waals surface area contributed by atoms with E-state index in [2.05, 4.69) is 35.4 Å². The Kier molecular flexibility index (Phi) is 4.02. The van der Waals surface area contributed by atoms with E-state index in [9.17, 15) is 0 Å². The van der Waals surface area contributed by atoms with E-state index in [1.807, 2.05) is 37.4 Å². The maximum absolute atomic E-state index is 6.04. The van der Waals surface area contributed by atoms with Crippen molar-refractivity contribution in [1.29, 1.82) is 0 Å². The van der Waals surface area contributed by atoms with E-state index in [0.717, 1.165) is 35.4 Å². The fraction of sp³-hybridized carbons (Fsp3) is 0.278. The molecule has 0 spiro atoms. The van der Waals surface area contributed by atoms with E-state index in [1.165, 1.54) is 5.56 Å². The normalized spacial score (nSPS) is 12.7. The van der Waals surface area contributed by atoms with Gasteiger partial charge in [0.05, 0.1) is 6.04 Å². The highest BCUT2D eigenvalue weighted by molar-refractivity contribution is 5.77. The van der Waals surface area contributed by atoms with Crippen molar-refractivity contribution in [3.05, 3.63) is 65.7 Å². The van der Waals surface area contributed by atoms with E-state index in [1.54, 1.807) is 0 Å². The Labute approximate surface area is 125 Å². The third kappa shape index (κ3) is 2.98. The average molecular weight is 280 g/mol. The molecular weight excluding hydrogens is 260 g/mol. The maximum Gasteiger partial charge on any atom is 0.134 e. The summed E-state index contributed by atoms with van der Waals surface area (Å²) in [5.41, 5.74) is 3.14. The highest BCUT2D eigenvalue weighted by Crippen LogP contribution is 2.28. The first-order chi connectivity index (χ1) is 10.3. The van der Waals surface area contributed by atoms with Gasteiger partial charge in [-0.2, -0.15) is 0 Å². The van der Waals surface area contributed by atoms with Crippen molar-refractivity contribution in [3.63, 3.8) is 0 Å². The zero-order chi connectivity index (χ0) is 14.7. The van der Waals surface area contributed by atoms with Crippen LogP contribution in [0.1, 0.15) is 36.4 Å². The third-order valence-electron chi connectivity index (χ3n) is 3.58. The molecular formula is C18H20N2O. The largest absolute Gasteiger partial charge is 0.459 e. The fourth-order valence-corrected chi connectivity index (χ4v) is 2.56. The predicted octanol–water partition coefficient (Wildman–Crippen LogP) is 4.23. The van der Waals surface area contributed by atoms with Gasteiger partial charge in [-0.25, -0.2) is 0 Å². The Balaban J connectivity index is 2.02. The molecule has 3 nitrogen and oxygen atoms in total. The molecule has 1 atom stereocenters. The van der Waals surface area contributed by atoms with Gasteiger partial charge in [0.15, 0.2) is 0 Å². The Hall–Kier alpha value is -2.13. The summed E-state index contributed by atoms with van der Waals surface area (Å²) in [6.07, 6.45) is 2.94. The number of hydrogen-bond donors (Lipinski definition) is 1. The first-order valence-electron chi connectivity index (χ1n) is 7.42. The molecule has 3 aromatic rings. The van der Waals surface area contributed by atoms with Crippen molar-refractivity contribution in [3.8, 4) is 0 Å². The van der Waals surface area contributed by atoms with Gasteiger partial charge >= 0.3 is 0 Å². The van der Waals surface area contributed by atoms with Crippen LogP contribution >= 0.6 is 0 Å². The van der Waals surface area contributed by atoms with Crippen LogP contribution in [-0.4, -0.2) is 11.5 Å². The number of aryl methyl sites for hydroxylation is 1. The molecule has 1 unspecified atom stereocenters. The molecule has 0 saturated carbocycles. The number of pyridine rings is 1. The van der Waals surface area contributed by atoms with Crippen LogP contribution < -0.4 is 5.32 Å². The molecule has 108 valence electrons. The van der Waals surface area contributed by atoms with Crippen molar-refractivity contribution in [2.45, 2.75) is 26.3 Å². The van der Waals surface area contributed by atoms with Crippen molar-refractivity contribution in [2.75, 3.05) is 6.54 Å². The lowest BCUT2D eigenvalue weighted by atomic mass is 10.0. The first kappa shape index (κ1) is 13.8. The van der Waals surface area contributed by atoms with Crippen LogP contribution in [0.4, 0.5) is 0 Å². The highest BCUT2D eigenvalue weighted by atomic mass is 16.3. The van der Waals surface area contributed by atoms with Gasteiger partial charge in [-0.3, -0.25) is 4.98 Å². The molecule has 0 aliphatic heterocycles. The summed E-state index contributed by atoms with van der Waals surface area (Å²) in [5.74, 6) is 0.954. The fourth-order valence-electron chi connectivity index (χ4n) is 2.56. The number of nitrogens with one attached hydrogen (secondary N) is 1. The minimum atomic E-state index is 0.0686. The van der Waals surface area contributed by atoms with Crippen LogP contribution in [0.25, 0.3) is 11.0 Å². The van der Waals surface area contributed by atoms with E-state index in [0.29, 0.717) is 0 Å². The molecule has 0 saturated heterocycles. The van der Waals surface area contributed by atoms with E-state index < -0.39 is 0 Å². The molecule has 1 aromatic carbocycles. The third-order valence-corrected chi connectivity index (χ3v) is 3.58. The number of benzene rings is 1. The lowest BCUT2D eigenvalue weighted by Crippen LogP contribution is -2.22. The number of nitrogens with zero attached hydrogens (tertiary/aromatic N) is 1. The van der Waals surface area contributed by atoms with Crippen LogP contribution in [0.3, 0.4) is 0 Å². The van der Waals surface area contributed by atoms with Crippen molar-refractivity contribution in [1.82, 2.24) is 10.3 Å². The van der Waals surface area contributed by atoms with Gasteiger partial charge in [0, 0.05) is 17.3 Å². The smallest absolute Gasteiger partial charge is 0.134 e. The van der Waals surface area contributed by atoms with Gasteiger partial charge in [0.2, 0.25) is 0 Å². The molecule has 2 aromatic heterocycles. The minimum absolute atomic E-state index is 0.0686. The predicted molar refractivity (Wildman–Crippen MR) is 85.3 cm³/mol. The zero-order valence-electron chi connectivity index (χ0n) is 12.5. The van der Waals surface area contributed by atoms with Gasteiger partial charge in [-0.15, -0.1) is 0 Å². The monoisotopic (exact) mass is 280 g/mol. The summed E-state index contributed by atoms with van der Waals surface area (Å²) < 4.78 is 6.04. The maximum atomic E-state index is 6.04. The van der Waals surface area contributed by atoms with Gasteiger partial charge in [0.25, 0.3) is 0 Å². The molecule has 3 heteroatoms. The molecule has 2 heterocycles. The van der Waals surface area contributed by atoms with Crippen LogP contribution in [0.5, 0.6) is 0 Å². The van der Waals surface area contributed by atoms with Crippen molar-refractivity contribution in [2.24, 2.45) is 0 Å². The molecule has 0 bridgehead atoms. The molecule has 21 heavy (non-hydrogen) atoms. The quantitative estimate of drug-likeness (QED) is 0.760.